The molecule has 112 valence electrons. The normalized spacial score (nSPS) is 10.6. The molecule has 0 unspecified atom stereocenters. The monoisotopic (exact) mass is 298 g/mol. The third-order valence-corrected chi connectivity index (χ3v) is 3.24. The third kappa shape index (κ3) is 3.15. The summed E-state index contributed by atoms with van der Waals surface area (Å²) >= 11 is 0. The number of nitrogens with one attached hydrogen (secondary N) is 1. The van der Waals surface area contributed by atoms with E-state index in [4.69, 9.17) is 9.84 Å². The van der Waals surface area contributed by atoms with E-state index in [1.54, 1.807) is 18.3 Å². The molecule has 5 heteroatoms. The minimum absolute atomic E-state index is 0.184. The molecule has 1 aromatic heterocycles. The molecule has 1 heterocycles. The van der Waals surface area contributed by atoms with Gasteiger partial charge in [0.2, 0.25) is 0 Å². The van der Waals surface area contributed by atoms with E-state index in [1.165, 1.54) is 6.07 Å². The molecule has 22 heavy (non-hydrogen) atoms. The van der Waals surface area contributed by atoms with Gasteiger partial charge in [0, 0.05) is 12.3 Å². The highest BCUT2D eigenvalue weighted by molar-refractivity contribution is 5.57. The fraction of sp³-hybridized carbons (Fsp3) is 0.118. The number of hydrogen-bond acceptors (Lipinski definition) is 3. The minimum atomic E-state index is -0.426. The molecule has 0 radical (unpaired) electrons. The van der Waals surface area contributed by atoms with Crippen LogP contribution in [0.5, 0.6) is 5.75 Å². The number of H-pyrrole nitrogens is 1. The SMILES string of the molecule is OCc1c[nH]c(-c2ccc(OCc3ccccc3)cc2F)n1. The summed E-state index contributed by atoms with van der Waals surface area (Å²) < 4.78 is 19.8. The standard InChI is InChI=1S/C17H15FN2O2/c18-16-8-14(22-11-12-4-2-1-3-5-12)6-7-15(16)17-19-9-13(10-21)20-17/h1-9,21H,10-11H2,(H,19,20). The van der Waals surface area contributed by atoms with Gasteiger partial charge in [0.1, 0.15) is 24.0 Å². The van der Waals surface area contributed by atoms with Gasteiger partial charge in [-0.1, -0.05) is 30.3 Å². The lowest BCUT2D eigenvalue weighted by Crippen LogP contribution is -1.96. The summed E-state index contributed by atoms with van der Waals surface area (Å²) in [5.74, 6) is 0.416. The van der Waals surface area contributed by atoms with Crippen molar-refractivity contribution in [3.8, 4) is 17.1 Å². The summed E-state index contributed by atoms with van der Waals surface area (Å²) in [6.07, 6.45) is 1.55. The fourth-order valence-electron chi connectivity index (χ4n) is 2.10. The second kappa shape index (κ2) is 6.41. The van der Waals surface area contributed by atoms with Crippen LogP contribution in [0.4, 0.5) is 4.39 Å². The molecule has 0 atom stereocenters. The van der Waals surface area contributed by atoms with Gasteiger partial charge < -0.3 is 14.8 Å². The number of hydrogen-bond donors (Lipinski definition) is 2. The van der Waals surface area contributed by atoms with Crippen molar-refractivity contribution in [2.45, 2.75) is 13.2 Å². The largest absolute Gasteiger partial charge is 0.489 e. The fourth-order valence-corrected chi connectivity index (χ4v) is 2.10. The van der Waals surface area contributed by atoms with E-state index in [0.29, 0.717) is 29.4 Å². The Morgan fingerprint density at radius 2 is 1.95 bits per heavy atom. The van der Waals surface area contributed by atoms with Crippen LogP contribution in [-0.2, 0) is 13.2 Å². The van der Waals surface area contributed by atoms with Crippen molar-refractivity contribution in [1.82, 2.24) is 9.97 Å². The molecule has 0 amide bonds. The zero-order chi connectivity index (χ0) is 15.4. The van der Waals surface area contributed by atoms with Crippen LogP contribution in [0.3, 0.4) is 0 Å². The highest BCUT2D eigenvalue weighted by atomic mass is 19.1. The lowest BCUT2D eigenvalue weighted by molar-refractivity contribution is 0.277. The molecular weight excluding hydrogens is 283 g/mol. The van der Waals surface area contributed by atoms with Gasteiger partial charge in [-0.2, -0.15) is 0 Å². The van der Waals surface area contributed by atoms with Crippen molar-refractivity contribution in [2.24, 2.45) is 0 Å². The first-order chi connectivity index (χ1) is 10.8. The van der Waals surface area contributed by atoms with Crippen molar-refractivity contribution in [1.29, 1.82) is 0 Å². The number of ether oxygens (including phenoxy) is 1. The third-order valence-electron chi connectivity index (χ3n) is 3.24. The van der Waals surface area contributed by atoms with Gasteiger partial charge in [-0.05, 0) is 17.7 Å². The Morgan fingerprint density at radius 3 is 2.64 bits per heavy atom. The molecule has 2 N–H and O–H groups in total. The first-order valence-corrected chi connectivity index (χ1v) is 6.88. The van der Waals surface area contributed by atoms with Gasteiger partial charge >= 0.3 is 0 Å². The zero-order valence-electron chi connectivity index (χ0n) is 11.8. The second-order valence-electron chi connectivity index (χ2n) is 4.81. The molecule has 3 rings (SSSR count). The Hall–Kier alpha value is -2.66. The van der Waals surface area contributed by atoms with Crippen LogP contribution in [-0.4, -0.2) is 15.1 Å². The number of aliphatic hydroxyl groups is 1. The van der Waals surface area contributed by atoms with Crippen LogP contribution >= 0.6 is 0 Å². The maximum absolute atomic E-state index is 14.2. The van der Waals surface area contributed by atoms with E-state index in [9.17, 15) is 4.39 Å². The van der Waals surface area contributed by atoms with Crippen molar-refractivity contribution < 1.29 is 14.2 Å². The average Bonchev–Trinajstić information content (AvgIpc) is 3.03. The number of aliphatic hydroxyl groups excluding tert-OH is 1. The molecule has 0 aliphatic carbocycles. The number of benzene rings is 2. The molecule has 3 aromatic rings. The van der Waals surface area contributed by atoms with E-state index in [-0.39, 0.29) is 6.61 Å². The predicted molar refractivity (Wildman–Crippen MR) is 80.7 cm³/mol. The van der Waals surface area contributed by atoms with Gasteiger partial charge in [0.05, 0.1) is 17.9 Å². The van der Waals surface area contributed by atoms with Crippen LogP contribution in [0.1, 0.15) is 11.3 Å². The molecule has 0 saturated heterocycles. The van der Waals surface area contributed by atoms with E-state index >= 15 is 0 Å². The maximum Gasteiger partial charge on any atom is 0.140 e. The van der Waals surface area contributed by atoms with Gasteiger partial charge in [-0.15, -0.1) is 0 Å². The number of aromatic amines is 1. The molecule has 0 saturated carbocycles. The minimum Gasteiger partial charge on any atom is -0.489 e. The predicted octanol–water partition coefficient (Wildman–Crippen LogP) is 3.29. The van der Waals surface area contributed by atoms with E-state index in [2.05, 4.69) is 9.97 Å². The van der Waals surface area contributed by atoms with Crippen LogP contribution in [0.15, 0.2) is 54.7 Å². The van der Waals surface area contributed by atoms with Crippen LogP contribution in [0.25, 0.3) is 11.4 Å². The summed E-state index contributed by atoms with van der Waals surface area (Å²) in [6, 6.07) is 14.3. The first kappa shape index (κ1) is 14.3. The number of rotatable bonds is 5. The van der Waals surface area contributed by atoms with Gasteiger partial charge in [-0.3, -0.25) is 0 Å². The summed E-state index contributed by atoms with van der Waals surface area (Å²) in [5, 5.41) is 8.99. The highest BCUT2D eigenvalue weighted by Gasteiger charge is 2.10. The molecule has 0 aliphatic heterocycles. The van der Waals surface area contributed by atoms with Crippen molar-refractivity contribution in [2.75, 3.05) is 0 Å². The molecule has 4 nitrogen and oxygen atoms in total. The number of aromatic nitrogens is 2. The van der Waals surface area contributed by atoms with Gasteiger partial charge in [0.25, 0.3) is 0 Å². The Kier molecular flexibility index (Phi) is 4.16. The Balaban J connectivity index is 1.74. The molecule has 0 fully saturated rings. The summed E-state index contributed by atoms with van der Waals surface area (Å²) in [6.45, 7) is 0.200. The Labute approximate surface area is 127 Å². The van der Waals surface area contributed by atoms with E-state index in [0.717, 1.165) is 5.56 Å². The Morgan fingerprint density at radius 1 is 1.14 bits per heavy atom. The number of halogens is 1. The molecule has 0 bridgehead atoms. The quantitative estimate of drug-likeness (QED) is 0.760. The number of nitrogens with zero attached hydrogens (tertiary/aromatic N) is 1. The van der Waals surface area contributed by atoms with E-state index < -0.39 is 5.82 Å². The van der Waals surface area contributed by atoms with Gasteiger partial charge in [0.15, 0.2) is 0 Å². The van der Waals surface area contributed by atoms with Crippen molar-refractivity contribution in [3.05, 3.63) is 71.8 Å². The van der Waals surface area contributed by atoms with Crippen LogP contribution < -0.4 is 4.74 Å². The second-order valence-corrected chi connectivity index (χ2v) is 4.81. The van der Waals surface area contributed by atoms with Gasteiger partial charge in [-0.25, -0.2) is 9.37 Å². The summed E-state index contributed by atoms with van der Waals surface area (Å²) in [7, 11) is 0. The smallest absolute Gasteiger partial charge is 0.140 e. The topological polar surface area (TPSA) is 58.1 Å². The van der Waals surface area contributed by atoms with Crippen molar-refractivity contribution >= 4 is 0 Å². The van der Waals surface area contributed by atoms with Crippen LogP contribution in [0, 0.1) is 5.82 Å². The zero-order valence-corrected chi connectivity index (χ0v) is 11.8. The molecular formula is C17H15FN2O2. The Bertz CT molecular complexity index is 756. The van der Waals surface area contributed by atoms with Crippen molar-refractivity contribution in [3.63, 3.8) is 0 Å². The average molecular weight is 298 g/mol. The lowest BCUT2D eigenvalue weighted by Gasteiger charge is -2.07. The van der Waals surface area contributed by atoms with Crippen LogP contribution in [0.2, 0.25) is 0 Å². The molecule has 0 aliphatic rings. The first-order valence-electron chi connectivity index (χ1n) is 6.88. The maximum atomic E-state index is 14.2. The number of imidazole rings is 1. The highest BCUT2D eigenvalue weighted by Crippen LogP contribution is 2.24. The van der Waals surface area contributed by atoms with E-state index in [1.807, 2.05) is 30.3 Å². The summed E-state index contributed by atoms with van der Waals surface area (Å²) in [5.41, 5.74) is 1.83. The summed E-state index contributed by atoms with van der Waals surface area (Å²) in [4.78, 5) is 6.94. The molecule has 0 spiro atoms. The molecule has 2 aromatic carbocycles. The lowest BCUT2D eigenvalue weighted by atomic mass is 10.2.